The van der Waals surface area contributed by atoms with Gasteiger partial charge in [-0.05, 0) is 46.1 Å². The van der Waals surface area contributed by atoms with Gasteiger partial charge in [-0.25, -0.2) is 0 Å². The minimum atomic E-state index is -0.212. The number of esters is 2. The Balaban J connectivity index is 0. The maximum Gasteiger partial charge on any atom is 1.00 e. The van der Waals surface area contributed by atoms with Crippen LogP contribution in [0.25, 0.3) is 0 Å². The van der Waals surface area contributed by atoms with Crippen LogP contribution in [0.1, 0.15) is 39.5 Å². The Morgan fingerprint density at radius 3 is 2.07 bits per heavy atom. The van der Waals surface area contributed by atoms with Gasteiger partial charge >= 0.3 is 41.5 Å². The summed E-state index contributed by atoms with van der Waals surface area (Å²) >= 11 is 0. The van der Waals surface area contributed by atoms with Crippen molar-refractivity contribution in [1.82, 2.24) is 10.3 Å². The number of ether oxygens (including phenoxy) is 2. The van der Waals surface area contributed by atoms with Crippen molar-refractivity contribution in [2.45, 2.75) is 39.5 Å². The van der Waals surface area contributed by atoms with Crippen molar-refractivity contribution in [2.24, 2.45) is 22.5 Å². The van der Waals surface area contributed by atoms with Gasteiger partial charge in [-0.1, -0.05) is 0 Å². The van der Waals surface area contributed by atoms with Crippen molar-refractivity contribution in [3.8, 4) is 0 Å². The van der Waals surface area contributed by atoms with E-state index >= 15 is 0 Å². The van der Waals surface area contributed by atoms with Gasteiger partial charge in [-0.2, -0.15) is 0 Å². The summed E-state index contributed by atoms with van der Waals surface area (Å²) in [5, 5.41) is 16.4. The monoisotopic (exact) mass is 412 g/mol. The normalized spacial score (nSPS) is 20.6. The second-order valence-corrected chi connectivity index (χ2v) is 5.96. The number of nitrogens with one attached hydrogen (secondary N) is 1. The molecular weight excluding hydrogens is 383 g/mol. The summed E-state index contributed by atoms with van der Waals surface area (Å²) in [4.78, 5) is 40.6. The van der Waals surface area contributed by atoms with Crippen molar-refractivity contribution in [3.63, 3.8) is 0 Å². The SMILES string of the molecule is CCOC(=O)[C@H]1CCCN(N=O)C1.CCOC(=O)[C@H]1CCCNC1.O=N[O-].[Na+]. The topological polar surface area (TPSA) is 150 Å². The van der Waals surface area contributed by atoms with Gasteiger partial charge in [0.25, 0.3) is 0 Å². The van der Waals surface area contributed by atoms with Crippen molar-refractivity contribution in [1.29, 1.82) is 0 Å². The molecule has 11 nitrogen and oxygen atoms in total. The van der Waals surface area contributed by atoms with Crippen LogP contribution in [0.5, 0.6) is 0 Å². The number of carbonyl (C=O) groups is 2. The summed E-state index contributed by atoms with van der Waals surface area (Å²) in [5.74, 6) is -0.328. The Bertz CT molecular complexity index is 451. The molecule has 2 aliphatic rings. The van der Waals surface area contributed by atoms with Crippen LogP contribution in [-0.2, 0) is 19.1 Å². The van der Waals surface area contributed by atoms with E-state index in [1.165, 1.54) is 5.01 Å². The van der Waals surface area contributed by atoms with E-state index < -0.39 is 0 Å². The second kappa shape index (κ2) is 19.0. The Labute approximate surface area is 187 Å². The zero-order valence-corrected chi connectivity index (χ0v) is 18.9. The fraction of sp³-hybridized carbons (Fsp3) is 0.875. The minimum absolute atomic E-state index is 0. The molecule has 156 valence electrons. The third-order valence-corrected chi connectivity index (χ3v) is 4.05. The van der Waals surface area contributed by atoms with E-state index in [0.29, 0.717) is 26.3 Å². The van der Waals surface area contributed by atoms with E-state index in [1.807, 2.05) is 6.92 Å². The quantitative estimate of drug-likeness (QED) is 0.253. The summed E-state index contributed by atoms with van der Waals surface area (Å²) in [6.45, 7) is 7.39. The second-order valence-electron chi connectivity index (χ2n) is 5.96. The predicted octanol–water partition coefficient (Wildman–Crippen LogP) is -1.25. The van der Waals surface area contributed by atoms with Gasteiger partial charge < -0.3 is 24.9 Å². The molecule has 0 radical (unpaired) electrons. The van der Waals surface area contributed by atoms with Crippen LogP contribution >= 0.6 is 0 Å². The van der Waals surface area contributed by atoms with Gasteiger partial charge in [0.15, 0.2) is 0 Å². The molecule has 2 saturated heterocycles. The molecule has 0 aromatic rings. The molecule has 28 heavy (non-hydrogen) atoms. The van der Waals surface area contributed by atoms with Crippen molar-refractivity contribution in [2.75, 3.05) is 39.4 Å². The maximum absolute atomic E-state index is 11.3. The molecule has 0 aromatic carbocycles. The number of rotatable bonds is 5. The largest absolute Gasteiger partial charge is 1.00 e. The van der Waals surface area contributed by atoms with E-state index in [2.05, 4.69) is 10.6 Å². The van der Waals surface area contributed by atoms with Gasteiger partial charge in [0.1, 0.15) is 0 Å². The molecule has 0 unspecified atom stereocenters. The standard InChI is InChI=1S/C8H14N2O3.C8H15NO2.HNO2.Na/c1-2-13-8(11)7-4-3-5-10(6-7)9-12;1-2-11-8(10)7-4-3-5-9-6-7;2-1-3;/h7H,2-6H2,1H3;7,9H,2-6H2,1H3;(H,2,3);/q;;;+1/p-1/t2*7-;;/m00../s1. The molecule has 2 heterocycles. The number of carbonyl (C=O) groups excluding carboxylic acids is 2. The number of nitrogens with zero attached hydrogens (tertiary/aromatic N) is 3. The van der Waals surface area contributed by atoms with Crippen molar-refractivity contribution >= 4 is 11.9 Å². The van der Waals surface area contributed by atoms with Gasteiger partial charge in [0, 0.05) is 13.1 Å². The first-order chi connectivity index (χ1) is 13.0. The molecule has 1 N–H and O–H groups in total. The van der Waals surface area contributed by atoms with Gasteiger partial charge in [-0.15, -0.1) is 10.2 Å². The van der Waals surface area contributed by atoms with Gasteiger partial charge in [0.2, 0.25) is 0 Å². The summed E-state index contributed by atoms with van der Waals surface area (Å²) in [6, 6.07) is 0. The van der Waals surface area contributed by atoms with Crippen LogP contribution in [0.3, 0.4) is 0 Å². The van der Waals surface area contributed by atoms with E-state index in [-0.39, 0.29) is 53.3 Å². The number of hydrogen-bond acceptors (Lipinski definition) is 10. The average Bonchev–Trinajstić information content (AvgIpc) is 2.70. The number of hydrogen-bond donors (Lipinski definition) is 1. The molecule has 2 atom stereocenters. The Morgan fingerprint density at radius 1 is 1.07 bits per heavy atom. The Hall–Kier alpha value is -1.30. The first-order valence-electron chi connectivity index (χ1n) is 9.11. The van der Waals surface area contributed by atoms with Gasteiger partial charge in [0.05, 0.1) is 36.9 Å². The van der Waals surface area contributed by atoms with Crippen LogP contribution < -0.4 is 34.9 Å². The molecule has 0 spiro atoms. The molecule has 0 saturated carbocycles. The zero-order chi connectivity index (χ0) is 20.5. The maximum atomic E-state index is 11.3. The summed E-state index contributed by atoms with van der Waals surface area (Å²) < 4.78 is 9.77. The fourth-order valence-corrected chi connectivity index (χ4v) is 2.80. The average molecular weight is 412 g/mol. The number of piperidine rings is 2. The fourth-order valence-electron chi connectivity index (χ4n) is 2.80. The van der Waals surface area contributed by atoms with Crippen molar-refractivity contribution < 1.29 is 48.6 Å². The van der Waals surface area contributed by atoms with Crippen LogP contribution in [0.4, 0.5) is 0 Å². The Kier molecular flexibility index (Phi) is 19.7. The smallest absolute Gasteiger partial charge is 0.466 e. The van der Waals surface area contributed by atoms with E-state index in [0.717, 1.165) is 44.1 Å². The molecule has 0 bridgehead atoms. The molecule has 0 aromatic heterocycles. The summed E-state index contributed by atoms with van der Waals surface area (Å²) in [6.07, 6.45) is 3.69. The third kappa shape index (κ3) is 13.0. The van der Waals surface area contributed by atoms with E-state index in [4.69, 9.17) is 19.6 Å². The first kappa shape index (κ1) is 28.9. The predicted molar refractivity (Wildman–Crippen MR) is 98.1 cm³/mol. The molecule has 12 heteroatoms. The van der Waals surface area contributed by atoms with E-state index in [9.17, 15) is 14.5 Å². The molecule has 2 rings (SSSR count). The molecule has 0 aliphatic carbocycles. The Morgan fingerprint density at radius 2 is 1.61 bits per heavy atom. The van der Waals surface area contributed by atoms with Gasteiger partial charge in [-0.3, -0.25) is 14.6 Å². The third-order valence-electron chi connectivity index (χ3n) is 4.05. The molecule has 0 amide bonds. The molecule has 2 aliphatic heterocycles. The van der Waals surface area contributed by atoms with Crippen LogP contribution in [0.2, 0.25) is 0 Å². The first-order valence-corrected chi connectivity index (χ1v) is 9.11. The number of nitroso groups, excluding NO2 is 1. The van der Waals surface area contributed by atoms with E-state index in [1.54, 1.807) is 6.92 Å². The van der Waals surface area contributed by atoms with Crippen molar-refractivity contribution in [3.05, 3.63) is 15.0 Å². The zero-order valence-electron chi connectivity index (χ0n) is 16.9. The molecular formula is C16H29N4NaO7. The summed E-state index contributed by atoms with van der Waals surface area (Å²) in [5.41, 5.74) is 0. The van der Waals surface area contributed by atoms with Crippen LogP contribution in [0, 0.1) is 26.9 Å². The minimum Gasteiger partial charge on any atom is -0.466 e. The van der Waals surface area contributed by atoms with Crippen LogP contribution in [-0.4, -0.2) is 56.3 Å². The summed E-state index contributed by atoms with van der Waals surface area (Å²) in [7, 11) is 0. The van der Waals surface area contributed by atoms with Crippen LogP contribution in [0.15, 0.2) is 10.6 Å². The molecule has 2 fully saturated rings.